The van der Waals surface area contributed by atoms with Crippen LogP contribution < -0.4 is 16.0 Å². The standard InChI is InChI=1S/C27H19Cl2N3O5/c28-17-9-7-15(8-10-17)24-23(26(36)27(37)32(24)20-6-2-4-18(29)14-20)25(35)16-3-1-5-19(13-16)31-22(34)12-11-21(30)33/h1-14,23-24H,(H2,30,33)(H,31,34)/b12-11+. The highest BCUT2D eigenvalue weighted by Gasteiger charge is 2.52. The molecule has 37 heavy (non-hydrogen) atoms. The van der Waals surface area contributed by atoms with Gasteiger partial charge in [0.2, 0.25) is 17.6 Å². The minimum atomic E-state index is -1.37. The van der Waals surface area contributed by atoms with Crippen LogP contribution in [0.25, 0.3) is 0 Å². The third kappa shape index (κ3) is 5.61. The van der Waals surface area contributed by atoms with E-state index in [-0.39, 0.29) is 11.3 Å². The lowest BCUT2D eigenvalue weighted by Gasteiger charge is -2.27. The Kier molecular flexibility index (Phi) is 7.52. The zero-order valence-electron chi connectivity index (χ0n) is 19.1. The number of nitrogens with one attached hydrogen (secondary N) is 1. The Labute approximate surface area is 221 Å². The van der Waals surface area contributed by atoms with Crippen LogP contribution in [0.5, 0.6) is 0 Å². The number of nitrogens with zero attached hydrogens (tertiary/aromatic N) is 1. The van der Waals surface area contributed by atoms with Crippen molar-refractivity contribution in [2.75, 3.05) is 10.2 Å². The van der Waals surface area contributed by atoms with Crippen molar-refractivity contribution in [3.8, 4) is 0 Å². The van der Waals surface area contributed by atoms with Gasteiger partial charge in [-0.2, -0.15) is 0 Å². The summed E-state index contributed by atoms with van der Waals surface area (Å²) in [6, 6.07) is 17.9. The fourth-order valence-electron chi connectivity index (χ4n) is 4.11. The van der Waals surface area contributed by atoms with Gasteiger partial charge in [0.15, 0.2) is 5.78 Å². The molecule has 3 aromatic carbocycles. The first kappa shape index (κ1) is 25.8. The smallest absolute Gasteiger partial charge is 0.295 e. The summed E-state index contributed by atoms with van der Waals surface area (Å²) in [6.45, 7) is 0. The zero-order valence-corrected chi connectivity index (χ0v) is 20.6. The molecule has 0 spiro atoms. The molecule has 1 heterocycles. The van der Waals surface area contributed by atoms with E-state index in [1.165, 1.54) is 35.2 Å². The monoisotopic (exact) mass is 535 g/mol. The van der Waals surface area contributed by atoms with Crippen molar-refractivity contribution in [1.82, 2.24) is 0 Å². The SMILES string of the molecule is NC(=O)/C=C/C(=O)Nc1cccc(C(=O)C2C(=O)C(=O)N(c3cccc(Cl)c3)C2c2ccc(Cl)cc2)c1. The van der Waals surface area contributed by atoms with Gasteiger partial charge >= 0.3 is 0 Å². The van der Waals surface area contributed by atoms with Gasteiger partial charge in [0.25, 0.3) is 5.91 Å². The number of rotatable bonds is 7. The van der Waals surface area contributed by atoms with E-state index in [1.54, 1.807) is 42.5 Å². The minimum absolute atomic E-state index is 0.106. The number of nitrogens with two attached hydrogens (primary N) is 1. The van der Waals surface area contributed by atoms with Gasteiger partial charge in [-0.15, -0.1) is 0 Å². The summed E-state index contributed by atoms with van der Waals surface area (Å²) in [6.07, 6.45) is 1.85. The van der Waals surface area contributed by atoms with Crippen molar-refractivity contribution in [2.45, 2.75) is 6.04 Å². The lowest BCUT2D eigenvalue weighted by atomic mass is 9.86. The molecule has 8 nitrogen and oxygen atoms in total. The second-order valence-corrected chi connectivity index (χ2v) is 9.04. The number of amides is 3. The van der Waals surface area contributed by atoms with Crippen LogP contribution in [-0.4, -0.2) is 29.3 Å². The normalized spacial score (nSPS) is 17.3. The predicted octanol–water partition coefficient (Wildman–Crippen LogP) is 4.13. The summed E-state index contributed by atoms with van der Waals surface area (Å²) in [5.41, 5.74) is 6.24. The first-order valence-corrected chi connectivity index (χ1v) is 11.7. The van der Waals surface area contributed by atoms with Crippen LogP contribution >= 0.6 is 23.2 Å². The van der Waals surface area contributed by atoms with Crippen LogP contribution in [-0.2, 0) is 19.2 Å². The molecular weight excluding hydrogens is 517 g/mol. The highest BCUT2D eigenvalue weighted by atomic mass is 35.5. The molecule has 1 aliphatic rings. The molecule has 1 aliphatic heterocycles. The topological polar surface area (TPSA) is 127 Å². The van der Waals surface area contributed by atoms with Crippen molar-refractivity contribution in [2.24, 2.45) is 11.7 Å². The number of carbonyl (C=O) groups is 5. The molecule has 0 bridgehead atoms. The van der Waals surface area contributed by atoms with Gasteiger partial charge in [0.05, 0.1) is 6.04 Å². The molecule has 3 amide bonds. The minimum Gasteiger partial charge on any atom is -0.366 e. The molecule has 0 aliphatic carbocycles. The number of primary amides is 1. The molecule has 3 aromatic rings. The Balaban J connectivity index is 1.73. The first-order chi connectivity index (χ1) is 17.7. The molecule has 0 radical (unpaired) electrons. The number of carbonyl (C=O) groups excluding carboxylic acids is 5. The van der Waals surface area contributed by atoms with Crippen LogP contribution in [0.15, 0.2) is 84.9 Å². The van der Waals surface area contributed by atoms with E-state index in [4.69, 9.17) is 28.9 Å². The van der Waals surface area contributed by atoms with E-state index in [1.807, 2.05) is 0 Å². The third-order valence-corrected chi connectivity index (χ3v) is 6.19. The average molecular weight is 536 g/mol. The highest BCUT2D eigenvalue weighted by Crippen LogP contribution is 2.42. The van der Waals surface area contributed by atoms with E-state index < -0.39 is 41.2 Å². The van der Waals surface area contributed by atoms with Crippen molar-refractivity contribution >= 4 is 63.9 Å². The fourth-order valence-corrected chi connectivity index (χ4v) is 4.42. The molecule has 186 valence electrons. The summed E-state index contributed by atoms with van der Waals surface area (Å²) in [5, 5.41) is 3.32. The predicted molar refractivity (Wildman–Crippen MR) is 139 cm³/mol. The maximum Gasteiger partial charge on any atom is 0.295 e. The van der Waals surface area contributed by atoms with Crippen molar-refractivity contribution in [3.05, 3.63) is 106 Å². The zero-order chi connectivity index (χ0) is 26.7. The van der Waals surface area contributed by atoms with Crippen LogP contribution in [0.3, 0.4) is 0 Å². The van der Waals surface area contributed by atoms with Crippen LogP contribution in [0.1, 0.15) is 22.0 Å². The van der Waals surface area contributed by atoms with Gasteiger partial charge in [0, 0.05) is 39.1 Å². The van der Waals surface area contributed by atoms with Gasteiger partial charge in [-0.05, 0) is 48.0 Å². The Morgan fingerprint density at radius 1 is 0.865 bits per heavy atom. The largest absolute Gasteiger partial charge is 0.366 e. The molecule has 1 fully saturated rings. The number of halogens is 2. The van der Waals surface area contributed by atoms with E-state index in [9.17, 15) is 24.0 Å². The second kappa shape index (κ2) is 10.8. The summed E-state index contributed by atoms with van der Waals surface area (Å²) in [5.74, 6) is -5.12. The van der Waals surface area contributed by atoms with E-state index in [0.29, 0.717) is 21.3 Å². The molecule has 2 unspecified atom stereocenters. The van der Waals surface area contributed by atoms with Crippen molar-refractivity contribution in [1.29, 1.82) is 0 Å². The van der Waals surface area contributed by atoms with Gasteiger partial charge < -0.3 is 11.1 Å². The van der Waals surface area contributed by atoms with Crippen LogP contribution in [0, 0.1) is 5.92 Å². The Bertz CT molecular complexity index is 1450. The van der Waals surface area contributed by atoms with Gasteiger partial charge in [-0.3, -0.25) is 28.9 Å². The lowest BCUT2D eigenvalue weighted by Crippen LogP contribution is -2.30. The maximum absolute atomic E-state index is 13.7. The number of hydrogen-bond acceptors (Lipinski definition) is 5. The molecule has 2 atom stereocenters. The van der Waals surface area contributed by atoms with Crippen LogP contribution in [0.4, 0.5) is 11.4 Å². The quantitative estimate of drug-likeness (QED) is 0.203. The Morgan fingerprint density at radius 3 is 2.24 bits per heavy atom. The van der Waals surface area contributed by atoms with Gasteiger partial charge in [-0.1, -0.05) is 53.5 Å². The van der Waals surface area contributed by atoms with E-state index in [2.05, 4.69) is 5.32 Å². The number of ketones is 2. The summed E-state index contributed by atoms with van der Waals surface area (Å²) in [4.78, 5) is 64.3. The Morgan fingerprint density at radius 2 is 1.57 bits per heavy atom. The fraction of sp³-hybridized carbons (Fsp3) is 0.0741. The van der Waals surface area contributed by atoms with E-state index >= 15 is 0 Å². The van der Waals surface area contributed by atoms with Gasteiger partial charge in [0.1, 0.15) is 5.92 Å². The number of anilines is 2. The summed E-state index contributed by atoms with van der Waals surface area (Å²) >= 11 is 12.2. The molecule has 0 saturated carbocycles. The highest BCUT2D eigenvalue weighted by molar-refractivity contribution is 6.49. The molecule has 1 saturated heterocycles. The lowest BCUT2D eigenvalue weighted by molar-refractivity contribution is -0.135. The third-order valence-electron chi connectivity index (χ3n) is 5.70. The Hall–Kier alpha value is -4.27. The molecule has 0 aromatic heterocycles. The van der Waals surface area contributed by atoms with E-state index in [0.717, 1.165) is 12.2 Å². The number of hydrogen-bond donors (Lipinski definition) is 2. The van der Waals surface area contributed by atoms with Gasteiger partial charge in [-0.25, -0.2) is 0 Å². The second-order valence-electron chi connectivity index (χ2n) is 8.16. The first-order valence-electron chi connectivity index (χ1n) is 11.0. The molecule has 3 N–H and O–H groups in total. The van der Waals surface area contributed by atoms with Crippen LogP contribution in [0.2, 0.25) is 10.0 Å². The number of Topliss-reactive ketones (excluding diaryl/α,β-unsaturated/α-hetero) is 2. The van der Waals surface area contributed by atoms with Crippen molar-refractivity contribution in [3.63, 3.8) is 0 Å². The summed E-state index contributed by atoms with van der Waals surface area (Å²) in [7, 11) is 0. The summed E-state index contributed by atoms with van der Waals surface area (Å²) < 4.78 is 0. The number of benzene rings is 3. The average Bonchev–Trinajstić information content (AvgIpc) is 3.13. The molecule has 4 rings (SSSR count). The molecule has 10 heteroatoms. The molecular formula is C27H19Cl2N3O5. The maximum atomic E-state index is 13.7. The van der Waals surface area contributed by atoms with Crippen molar-refractivity contribution < 1.29 is 24.0 Å².